The Morgan fingerprint density at radius 3 is 2.40 bits per heavy atom. The maximum atomic E-state index is 3.67. The van der Waals surface area contributed by atoms with Crippen LogP contribution in [0.15, 0.2) is 46.9 Å². The largest absolute Gasteiger partial charge is 0.306 e. The van der Waals surface area contributed by atoms with Crippen molar-refractivity contribution in [3.8, 4) is 0 Å². The predicted molar refractivity (Wildman–Crippen MR) is 89.9 cm³/mol. The van der Waals surface area contributed by atoms with Gasteiger partial charge in [0.15, 0.2) is 0 Å². The summed E-state index contributed by atoms with van der Waals surface area (Å²) in [6.07, 6.45) is 1.09. The van der Waals surface area contributed by atoms with E-state index in [1.165, 1.54) is 22.3 Å². The summed E-state index contributed by atoms with van der Waals surface area (Å²) in [5.41, 5.74) is 5.42. The van der Waals surface area contributed by atoms with Gasteiger partial charge in [-0.25, -0.2) is 0 Å². The zero-order chi connectivity index (χ0) is 14.5. The molecular weight excluding hydrogens is 310 g/mol. The normalized spacial score (nSPS) is 12.4. The zero-order valence-corrected chi connectivity index (χ0v) is 14.0. The van der Waals surface area contributed by atoms with Crippen LogP contribution in [0.2, 0.25) is 0 Å². The summed E-state index contributed by atoms with van der Waals surface area (Å²) in [4.78, 5) is 0. The van der Waals surface area contributed by atoms with Crippen molar-refractivity contribution >= 4 is 15.9 Å². The molecule has 0 fully saturated rings. The lowest BCUT2D eigenvalue weighted by atomic mass is 10.0. The molecule has 0 aliphatic rings. The van der Waals surface area contributed by atoms with Crippen molar-refractivity contribution in [2.75, 3.05) is 0 Å². The molecule has 0 amide bonds. The van der Waals surface area contributed by atoms with Gasteiger partial charge in [-0.1, -0.05) is 58.7 Å². The molecule has 0 radical (unpaired) electrons. The van der Waals surface area contributed by atoms with Crippen molar-refractivity contribution in [2.45, 2.75) is 39.8 Å². The molecule has 1 N–H and O–H groups in total. The first-order valence-corrected chi connectivity index (χ1v) is 7.94. The molecule has 20 heavy (non-hydrogen) atoms. The van der Waals surface area contributed by atoms with Crippen LogP contribution in [-0.4, -0.2) is 0 Å². The molecule has 2 rings (SSSR count). The number of rotatable bonds is 5. The van der Waals surface area contributed by atoms with E-state index in [1.54, 1.807) is 0 Å². The van der Waals surface area contributed by atoms with Crippen molar-refractivity contribution in [3.63, 3.8) is 0 Å². The van der Waals surface area contributed by atoms with E-state index in [4.69, 9.17) is 0 Å². The summed E-state index contributed by atoms with van der Waals surface area (Å²) in [6, 6.07) is 15.6. The number of nitrogens with one attached hydrogen (secondary N) is 1. The molecule has 1 unspecified atom stereocenters. The fourth-order valence-corrected chi connectivity index (χ4v) is 2.68. The van der Waals surface area contributed by atoms with Gasteiger partial charge in [0.25, 0.3) is 0 Å². The quantitative estimate of drug-likeness (QED) is 0.783. The van der Waals surface area contributed by atoms with E-state index in [0.29, 0.717) is 6.04 Å². The summed E-state index contributed by atoms with van der Waals surface area (Å²) < 4.78 is 1.13. The van der Waals surface area contributed by atoms with E-state index >= 15 is 0 Å². The van der Waals surface area contributed by atoms with E-state index < -0.39 is 0 Å². The van der Waals surface area contributed by atoms with Crippen LogP contribution in [0, 0.1) is 13.8 Å². The average molecular weight is 332 g/mol. The van der Waals surface area contributed by atoms with Gasteiger partial charge in [-0.15, -0.1) is 0 Å². The second-order valence-corrected chi connectivity index (χ2v) is 6.24. The lowest BCUT2D eigenvalue weighted by molar-refractivity contribution is 0.518. The number of halogens is 1. The molecule has 0 aliphatic heterocycles. The van der Waals surface area contributed by atoms with Crippen molar-refractivity contribution < 1.29 is 0 Å². The third-order valence-electron chi connectivity index (χ3n) is 3.72. The van der Waals surface area contributed by atoms with Gasteiger partial charge in [-0.05, 0) is 49.1 Å². The number of hydrogen-bond donors (Lipinski definition) is 1. The second-order valence-electron chi connectivity index (χ2n) is 5.32. The van der Waals surface area contributed by atoms with Gasteiger partial charge in [0, 0.05) is 17.1 Å². The minimum Gasteiger partial charge on any atom is -0.306 e. The molecule has 2 aromatic rings. The summed E-state index contributed by atoms with van der Waals surface area (Å²) in [7, 11) is 0. The summed E-state index contributed by atoms with van der Waals surface area (Å²) in [5, 5.41) is 3.67. The Balaban J connectivity index is 2.07. The third-order valence-corrected chi connectivity index (χ3v) is 4.25. The number of hydrogen-bond acceptors (Lipinski definition) is 1. The zero-order valence-electron chi connectivity index (χ0n) is 12.4. The van der Waals surface area contributed by atoms with Crippen LogP contribution in [0.5, 0.6) is 0 Å². The molecule has 0 aliphatic carbocycles. The van der Waals surface area contributed by atoms with E-state index in [-0.39, 0.29) is 0 Å². The topological polar surface area (TPSA) is 12.0 Å². The lowest BCUT2D eigenvalue weighted by Crippen LogP contribution is -2.20. The van der Waals surface area contributed by atoms with Gasteiger partial charge >= 0.3 is 0 Å². The Morgan fingerprint density at radius 2 is 1.75 bits per heavy atom. The van der Waals surface area contributed by atoms with Crippen LogP contribution < -0.4 is 5.32 Å². The Kier molecular flexibility index (Phi) is 5.38. The van der Waals surface area contributed by atoms with Gasteiger partial charge < -0.3 is 5.32 Å². The first-order chi connectivity index (χ1) is 9.60. The van der Waals surface area contributed by atoms with Crippen molar-refractivity contribution in [2.24, 2.45) is 0 Å². The molecule has 0 aromatic heterocycles. The molecule has 0 heterocycles. The van der Waals surface area contributed by atoms with Gasteiger partial charge in [0.2, 0.25) is 0 Å². The predicted octanol–water partition coefficient (Wildman–Crippen LogP) is 5.31. The molecule has 0 saturated carbocycles. The summed E-state index contributed by atoms with van der Waals surface area (Å²) >= 11 is 3.49. The van der Waals surface area contributed by atoms with E-state index in [9.17, 15) is 0 Å². The smallest absolute Gasteiger partial charge is 0.0320 e. The van der Waals surface area contributed by atoms with Gasteiger partial charge in [0.05, 0.1) is 0 Å². The summed E-state index contributed by atoms with van der Waals surface area (Å²) in [5.74, 6) is 0. The van der Waals surface area contributed by atoms with Crippen molar-refractivity contribution in [1.82, 2.24) is 5.32 Å². The van der Waals surface area contributed by atoms with Crippen LogP contribution in [0.1, 0.15) is 41.6 Å². The highest BCUT2D eigenvalue weighted by Crippen LogP contribution is 2.20. The Morgan fingerprint density at radius 1 is 1.05 bits per heavy atom. The summed E-state index contributed by atoms with van der Waals surface area (Å²) in [6.45, 7) is 7.47. The van der Waals surface area contributed by atoms with E-state index in [1.807, 2.05) is 0 Å². The standard InChI is InChI=1S/C18H22BrN/c1-4-18(15-7-9-17(19)10-8-15)20-12-16-11-13(2)5-6-14(16)3/h5-11,18,20H,4,12H2,1-3H3. The molecule has 2 heteroatoms. The molecule has 0 saturated heterocycles. The molecule has 106 valence electrons. The second kappa shape index (κ2) is 7.05. The molecule has 1 nitrogen and oxygen atoms in total. The third kappa shape index (κ3) is 3.94. The van der Waals surface area contributed by atoms with Crippen LogP contribution in [0.3, 0.4) is 0 Å². The van der Waals surface area contributed by atoms with Crippen molar-refractivity contribution in [1.29, 1.82) is 0 Å². The van der Waals surface area contributed by atoms with Crippen LogP contribution in [0.25, 0.3) is 0 Å². The Labute approximate surface area is 130 Å². The van der Waals surface area contributed by atoms with Crippen molar-refractivity contribution in [3.05, 3.63) is 69.2 Å². The Bertz CT molecular complexity index is 560. The molecule has 0 bridgehead atoms. The molecular formula is C18H22BrN. The average Bonchev–Trinajstić information content (AvgIpc) is 2.45. The highest BCUT2D eigenvalue weighted by molar-refractivity contribution is 9.10. The number of benzene rings is 2. The highest BCUT2D eigenvalue weighted by Gasteiger charge is 2.09. The van der Waals surface area contributed by atoms with Gasteiger partial charge in [-0.3, -0.25) is 0 Å². The minimum atomic E-state index is 0.406. The van der Waals surface area contributed by atoms with Crippen LogP contribution in [-0.2, 0) is 6.54 Å². The molecule has 2 aromatic carbocycles. The first-order valence-electron chi connectivity index (χ1n) is 7.15. The maximum Gasteiger partial charge on any atom is 0.0320 e. The fourth-order valence-electron chi connectivity index (χ4n) is 2.42. The monoisotopic (exact) mass is 331 g/mol. The van der Waals surface area contributed by atoms with Crippen LogP contribution >= 0.6 is 15.9 Å². The number of aryl methyl sites for hydroxylation is 2. The van der Waals surface area contributed by atoms with E-state index in [2.05, 4.69) is 84.5 Å². The molecule has 1 atom stereocenters. The van der Waals surface area contributed by atoms with Crippen LogP contribution in [0.4, 0.5) is 0 Å². The maximum absolute atomic E-state index is 3.67. The fraction of sp³-hybridized carbons (Fsp3) is 0.333. The lowest BCUT2D eigenvalue weighted by Gasteiger charge is -2.18. The van der Waals surface area contributed by atoms with E-state index in [0.717, 1.165) is 17.4 Å². The van der Waals surface area contributed by atoms with Gasteiger partial charge in [-0.2, -0.15) is 0 Å². The molecule has 0 spiro atoms. The highest BCUT2D eigenvalue weighted by atomic mass is 79.9. The minimum absolute atomic E-state index is 0.406. The Hall–Kier alpha value is -1.12. The van der Waals surface area contributed by atoms with Gasteiger partial charge in [0.1, 0.15) is 0 Å². The first kappa shape index (κ1) is 15.3. The SMILES string of the molecule is CCC(NCc1cc(C)ccc1C)c1ccc(Br)cc1.